The van der Waals surface area contributed by atoms with Gasteiger partial charge in [-0.2, -0.15) is 0 Å². The number of hydrogen-bond donors (Lipinski definition) is 1. The van der Waals surface area contributed by atoms with Gasteiger partial charge < -0.3 is 5.32 Å². The van der Waals surface area contributed by atoms with Crippen molar-refractivity contribution < 1.29 is 0 Å². The van der Waals surface area contributed by atoms with Gasteiger partial charge >= 0.3 is 0 Å². The van der Waals surface area contributed by atoms with Gasteiger partial charge in [0.25, 0.3) is 0 Å². The minimum Gasteiger partial charge on any atom is -0.381 e. The Labute approximate surface area is 66.7 Å². The number of anilines is 1. The first-order chi connectivity index (χ1) is 5.45. The molecule has 0 aliphatic heterocycles. The van der Waals surface area contributed by atoms with E-state index in [1.807, 2.05) is 18.2 Å². The van der Waals surface area contributed by atoms with Gasteiger partial charge in [-0.25, -0.2) is 0 Å². The van der Waals surface area contributed by atoms with Crippen LogP contribution in [0.4, 0.5) is 5.69 Å². The number of hydrogen-bond acceptors (Lipinski definition) is 1. The summed E-state index contributed by atoms with van der Waals surface area (Å²) in [6.07, 6.45) is 3.45. The molecule has 56 valence electrons. The van der Waals surface area contributed by atoms with E-state index in [9.17, 15) is 0 Å². The molecule has 0 saturated carbocycles. The number of allylic oxidation sites excluding steroid dienone is 1. The predicted molar refractivity (Wildman–Crippen MR) is 47.6 cm³/mol. The molecule has 0 spiro atoms. The Kier molecular flexibility index (Phi) is 1.64. The molecule has 0 amide bonds. The Morgan fingerprint density at radius 2 is 1.91 bits per heavy atom. The van der Waals surface area contributed by atoms with Gasteiger partial charge in [-0.1, -0.05) is 29.8 Å². The highest BCUT2D eigenvalue weighted by Crippen LogP contribution is 2.18. The zero-order chi connectivity index (χ0) is 7.52. The van der Waals surface area contributed by atoms with Crippen LogP contribution >= 0.6 is 0 Å². The van der Waals surface area contributed by atoms with E-state index in [0.29, 0.717) is 0 Å². The number of benzene rings is 1. The van der Waals surface area contributed by atoms with E-state index in [1.54, 1.807) is 0 Å². The fourth-order valence-corrected chi connectivity index (χ4v) is 0.988. The monoisotopic (exact) mass is 145 g/mol. The minimum absolute atomic E-state index is 1.02. The first-order valence-electron chi connectivity index (χ1n) is 3.92. The van der Waals surface area contributed by atoms with Gasteiger partial charge in [0, 0.05) is 12.2 Å². The van der Waals surface area contributed by atoms with Crippen LogP contribution in [0.5, 0.6) is 0 Å². The summed E-state index contributed by atoms with van der Waals surface area (Å²) in [7, 11) is 0. The van der Waals surface area contributed by atoms with Crippen LogP contribution in [0.3, 0.4) is 0 Å². The quantitative estimate of drug-likeness (QED) is 0.644. The molecule has 1 nitrogen and oxygen atoms in total. The smallest absolute Gasteiger partial charge is 0.0363 e. The highest BCUT2D eigenvalue weighted by atomic mass is 14.9. The zero-order valence-electron chi connectivity index (χ0n) is 6.38. The van der Waals surface area contributed by atoms with Crippen molar-refractivity contribution in [2.75, 3.05) is 11.9 Å². The van der Waals surface area contributed by atoms with E-state index < -0.39 is 0 Å². The van der Waals surface area contributed by atoms with Crippen LogP contribution in [-0.4, -0.2) is 6.54 Å². The fourth-order valence-electron chi connectivity index (χ4n) is 0.988. The van der Waals surface area contributed by atoms with E-state index >= 15 is 0 Å². The van der Waals surface area contributed by atoms with Crippen molar-refractivity contribution in [3.63, 3.8) is 0 Å². The van der Waals surface area contributed by atoms with Crippen molar-refractivity contribution in [1.29, 1.82) is 0 Å². The lowest BCUT2D eigenvalue weighted by Crippen LogP contribution is -1.98. The molecule has 0 heterocycles. The van der Waals surface area contributed by atoms with Crippen molar-refractivity contribution in [3.8, 4) is 0 Å². The van der Waals surface area contributed by atoms with Crippen LogP contribution in [0.1, 0.15) is 6.42 Å². The molecule has 0 fully saturated rings. The summed E-state index contributed by atoms with van der Waals surface area (Å²) in [6.45, 7) is 1.02. The van der Waals surface area contributed by atoms with E-state index in [4.69, 9.17) is 0 Å². The number of para-hydroxylation sites is 1. The molecule has 0 unspecified atom stereocenters. The zero-order valence-corrected chi connectivity index (χ0v) is 6.38. The van der Waals surface area contributed by atoms with Crippen molar-refractivity contribution in [3.05, 3.63) is 42.0 Å². The average Bonchev–Trinajstić information content (AvgIpc) is 2.86. The molecule has 1 aromatic carbocycles. The molecule has 1 heteroatoms. The van der Waals surface area contributed by atoms with Crippen molar-refractivity contribution >= 4 is 5.69 Å². The summed E-state index contributed by atoms with van der Waals surface area (Å²) in [5.41, 5.74) is 2.73. The molecule has 1 aromatic rings. The van der Waals surface area contributed by atoms with E-state index in [1.165, 1.54) is 17.7 Å². The third kappa shape index (κ3) is 1.84. The lowest BCUT2D eigenvalue weighted by atomic mass is 10.3. The lowest BCUT2D eigenvalue weighted by molar-refractivity contribution is 1.26. The van der Waals surface area contributed by atoms with Crippen LogP contribution in [0.25, 0.3) is 0 Å². The standard InChI is InChI=1S/C10H11N/c1-2-4-10(5-3-1)11-8-9-6-7-9/h1-6,11H,7-8H2. The van der Waals surface area contributed by atoms with Gasteiger partial charge in [-0.3, -0.25) is 0 Å². The van der Waals surface area contributed by atoms with Gasteiger partial charge in [0.2, 0.25) is 0 Å². The van der Waals surface area contributed by atoms with Crippen LogP contribution in [0.15, 0.2) is 42.0 Å². The second-order valence-corrected chi connectivity index (χ2v) is 2.79. The van der Waals surface area contributed by atoms with Crippen LogP contribution in [0, 0.1) is 0 Å². The van der Waals surface area contributed by atoms with Crippen molar-refractivity contribution in [2.45, 2.75) is 6.42 Å². The summed E-state index contributed by atoms with van der Waals surface area (Å²) in [5.74, 6) is 0. The summed E-state index contributed by atoms with van der Waals surface area (Å²) in [5, 5.41) is 3.34. The summed E-state index contributed by atoms with van der Waals surface area (Å²) in [6, 6.07) is 10.3. The Balaban J connectivity index is 1.90. The van der Waals surface area contributed by atoms with Gasteiger partial charge in [0.15, 0.2) is 0 Å². The Bertz CT molecular complexity index is 261. The van der Waals surface area contributed by atoms with Gasteiger partial charge in [0.1, 0.15) is 0 Å². The van der Waals surface area contributed by atoms with E-state index in [2.05, 4.69) is 23.5 Å². The molecule has 1 aliphatic carbocycles. The van der Waals surface area contributed by atoms with Gasteiger partial charge in [-0.05, 0) is 18.6 Å². The maximum atomic E-state index is 3.34. The Morgan fingerprint density at radius 3 is 2.55 bits per heavy atom. The molecule has 0 saturated heterocycles. The third-order valence-electron chi connectivity index (χ3n) is 1.79. The third-order valence-corrected chi connectivity index (χ3v) is 1.79. The van der Waals surface area contributed by atoms with Crippen molar-refractivity contribution in [2.24, 2.45) is 0 Å². The SMILES string of the molecule is C1=C(CNc2ccccc2)C1. The first-order valence-corrected chi connectivity index (χ1v) is 3.92. The highest BCUT2D eigenvalue weighted by molar-refractivity contribution is 5.45. The second kappa shape index (κ2) is 2.79. The average molecular weight is 145 g/mol. The highest BCUT2D eigenvalue weighted by Gasteiger charge is 2.04. The molecule has 11 heavy (non-hydrogen) atoms. The fraction of sp³-hybridized carbons (Fsp3) is 0.200. The molecule has 0 radical (unpaired) electrons. The topological polar surface area (TPSA) is 12.0 Å². The Morgan fingerprint density at radius 1 is 1.18 bits per heavy atom. The normalized spacial score (nSPS) is 14.0. The van der Waals surface area contributed by atoms with Crippen LogP contribution in [0.2, 0.25) is 0 Å². The van der Waals surface area contributed by atoms with Crippen molar-refractivity contribution in [1.82, 2.24) is 0 Å². The predicted octanol–water partition coefficient (Wildman–Crippen LogP) is 2.43. The molecule has 1 N–H and O–H groups in total. The lowest BCUT2D eigenvalue weighted by Gasteiger charge is -2.01. The minimum atomic E-state index is 1.02. The number of nitrogens with one attached hydrogen (secondary N) is 1. The second-order valence-electron chi connectivity index (χ2n) is 2.79. The molecular formula is C10H11N. The summed E-state index contributed by atoms with van der Waals surface area (Å²) in [4.78, 5) is 0. The first kappa shape index (κ1) is 6.47. The van der Waals surface area contributed by atoms with Crippen LogP contribution < -0.4 is 5.32 Å². The molecule has 0 bridgehead atoms. The van der Waals surface area contributed by atoms with Crippen LogP contribution in [-0.2, 0) is 0 Å². The largest absolute Gasteiger partial charge is 0.381 e. The molecule has 0 aromatic heterocycles. The van der Waals surface area contributed by atoms with E-state index in [0.717, 1.165) is 6.54 Å². The maximum absolute atomic E-state index is 3.34. The van der Waals surface area contributed by atoms with E-state index in [-0.39, 0.29) is 0 Å². The van der Waals surface area contributed by atoms with Gasteiger partial charge in [-0.15, -0.1) is 0 Å². The molecular weight excluding hydrogens is 134 g/mol. The maximum Gasteiger partial charge on any atom is 0.0363 e. The molecule has 2 rings (SSSR count). The summed E-state index contributed by atoms with van der Waals surface area (Å²) >= 11 is 0. The molecule has 0 atom stereocenters. The molecule has 1 aliphatic rings. The van der Waals surface area contributed by atoms with Gasteiger partial charge in [0.05, 0.1) is 0 Å². The Hall–Kier alpha value is -1.24. The number of rotatable bonds is 3. The summed E-state index contributed by atoms with van der Waals surface area (Å²) < 4.78 is 0.